The predicted octanol–water partition coefficient (Wildman–Crippen LogP) is 2.95. The van der Waals surface area contributed by atoms with Crippen molar-refractivity contribution in [2.45, 2.75) is 0 Å². The van der Waals surface area contributed by atoms with Crippen LogP contribution in [0, 0.1) is 5.82 Å². The summed E-state index contributed by atoms with van der Waals surface area (Å²) < 4.78 is 23.9. The number of rotatable bonds is 4. The van der Waals surface area contributed by atoms with Gasteiger partial charge in [0.15, 0.2) is 6.61 Å². The molecule has 0 atom stereocenters. The molecule has 1 aliphatic heterocycles. The number of nitrogens with zero attached hydrogens (tertiary/aromatic N) is 2. The second-order valence-corrected chi connectivity index (χ2v) is 7.45. The monoisotopic (exact) mass is 444 g/mol. The third kappa shape index (κ3) is 4.69. The number of hydrogen-bond donors (Lipinski definition) is 0. The molecule has 4 rings (SSSR count). The van der Waals surface area contributed by atoms with Crippen LogP contribution in [0.15, 0.2) is 57.7 Å². The van der Waals surface area contributed by atoms with Crippen molar-refractivity contribution < 1.29 is 23.1 Å². The number of piperazine rings is 1. The largest absolute Gasteiger partial charge is 0.484 e. The molecule has 160 valence electrons. The van der Waals surface area contributed by atoms with E-state index in [2.05, 4.69) is 0 Å². The van der Waals surface area contributed by atoms with E-state index >= 15 is 0 Å². The fourth-order valence-corrected chi connectivity index (χ4v) is 3.61. The van der Waals surface area contributed by atoms with Gasteiger partial charge in [-0.1, -0.05) is 11.6 Å². The quantitative estimate of drug-likeness (QED) is 0.578. The van der Waals surface area contributed by atoms with Gasteiger partial charge in [-0.25, -0.2) is 9.18 Å². The van der Waals surface area contributed by atoms with Crippen LogP contribution >= 0.6 is 11.6 Å². The molecule has 9 heteroatoms. The van der Waals surface area contributed by atoms with Crippen molar-refractivity contribution in [2.24, 2.45) is 0 Å². The molecule has 1 aliphatic rings. The van der Waals surface area contributed by atoms with Crippen molar-refractivity contribution in [3.63, 3.8) is 0 Å². The molecule has 2 heterocycles. The van der Waals surface area contributed by atoms with E-state index in [-0.39, 0.29) is 29.0 Å². The zero-order valence-electron chi connectivity index (χ0n) is 16.3. The van der Waals surface area contributed by atoms with Crippen LogP contribution in [0.1, 0.15) is 10.4 Å². The van der Waals surface area contributed by atoms with Gasteiger partial charge in [-0.05, 0) is 36.4 Å². The van der Waals surface area contributed by atoms with Crippen molar-refractivity contribution in [2.75, 3.05) is 32.8 Å². The van der Waals surface area contributed by atoms with E-state index in [1.807, 2.05) is 0 Å². The van der Waals surface area contributed by atoms with Crippen LogP contribution in [0.2, 0.25) is 5.02 Å². The molecular weight excluding hydrogens is 427 g/mol. The van der Waals surface area contributed by atoms with Crippen LogP contribution in [-0.2, 0) is 4.79 Å². The average molecular weight is 445 g/mol. The van der Waals surface area contributed by atoms with E-state index in [4.69, 9.17) is 20.8 Å². The fourth-order valence-electron chi connectivity index (χ4n) is 3.36. The van der Waals surface area contributed by atoms with Gasteiger partial charge in [-0.3, -0.25) is 9.59 Å². The maximum Gasteiger partial charge on any atom is 0.336 e. The SMILES string of the molecule is O=C(COc1ccc2ccc(=O)oc2c1)N1CCN(C(=O)c2ccc(F)cc2Cl)CC1. The Morgan fingerprint density at radius 2 is 1.71 bits per heavy atom. The van der Waals surface area contributed by atoms with Crippen LogP contribution in [0.3, 0.4) is 0 Å². The zero-order valence-corrected chi connectivity index (χ0v) is 17.1. The Balaban J connectivity index is 1.32. The number of benzene rings is 2. The number of amides is 2. The summed E-state index contributed by atoms with van der Waals surface area (Å²) in [4.78, 5) is 39.6. The number of hydrogen-bond acceptors (Lipinski definition) is 5. The lowest BCUT2D eigenvalue weighted by molar-refractivity contribution is -0.134. The molecule has 1 saturated heterocycles. The van der Waals surface area contributed by atoms with E-state index in [0.29, 0.717) is 37.5 Å². The Hall–Kier alpha value is -3.39. The van der Waals surface area contributed by atoms with Crippen molar-refractivity contribution in [1.82, 2.24) is 9.80 Å². The van der Waals surface area contributed by atoms with Gasteiger partial charge < -0.3 is 19.0 Å². The number of carbonyl (C=O) groups is 2. The Kier molecular flexibility index (Phi) is 5.90. The second-order valence-electron chi connectivity index (χ2n) is 7.04. The summed E-state index contributed by atoms with van der Waals surface area (Å²) in [7, 11) is 0. The average Bonchev–Trinajstić information content (AvgIpc) is 2.77. The molecule has 0 unspecified atom stereocenters. The van der Waals surface area contributed by atoms with Gasteiger partial charge in [0.05, 0.1) is 10.6 Å². The van der Waals surface area contributed by atoms with E-state index in [9.17, 15) is 18.8 Å². The maximum atomic E-state index is 13.2. The molecule has 0 radical (unpaired) electrons. The predicted molar refractivity (Wildman–Crippen MR) is 112 cm³/mol. The van der Waals surface area contributed by atoms with Crippen LogP contribution in [0.25, 0.3) is 11.0 Å². The third-order valence-electron chi connectivity index (χ3n) is 5.04. The molecule has 0 spiro atoms. The van der Waals surface area contributed by atoms with Gasteiger partial charge in [0.2, 0.25) is 0 Å². The molecule has 1 fully saturated rings. The Bertz CT molecular complexity index is 1200. The number of ether oxygens (including phenoxy) is 1. The standard InChI is InChI=1S/C22H18ClFN2O5/c23-18-11-15(24)3-5-17(18)22(29)26-9-7-25(8-10-26)20(27)13-30-16-4-1-14-2-6-21(28)31-19(14)12-16/h1-6,11-12H,7-10,13H2. The molecule has 31 heavy (non-hydrogen) atoms. The molecular formula is C22H18ClFN2O5. The van der Waals surface area contributed by atoms with Crippen LogP contribution in [0.4, 0.5) is 4.39 Å². The first-order valence-corrected chi connectivity index (χ1v) is 9.97. The van der Waals surface area contributed by atoms with Crippen molar-refractivity contribution in [3.8, 4) is 5.75 Å². The van der Waals surface area contributed by atoms with Gasteiger partial charge in [-0.15, -0.1) is 0 Å². The summed E-state index contributed by atoms with van der Waals surface area (Å²) in [6, 6.07) is 11.6. The summed E-state index contributed by atoms with van der Waals surface area (Å²) in [6.07, 6.45) is 0. The minimum atomic E-state index is -0.509. The molecule has 0 N–H and O–H groups in total. The highest BCUT2D eigenvalue weighted by molar-refractivity contribution is 6.33. The summed E-state index contributed by atoms with van der Waals surface area (Å²) >= 11 is 5.97. The van der Waals surface area contributed by atoms with Crippen molar-refractivity contribution >= 4 is 34.4 Å². The van der Waals surface area contributed by atoms with Crippen LogP contribution in [0.5, 0.6) is 5.75 Å². The van der Waals surface area contributed by atoms with Gasteiger partial charge in [0.1, 0.15) is 17.1 Å². The van der Waals surface area contributed by atoms with E-state index in [0.717, 1.165) is 11.5 Å². The molecule has 2 amide bonds. The Labute approximate surface area is 181 Å². The lowest BCUT2D eigenvalue weighted by atomic mass is 10.1. The van der Waals surface area contributed by atoms with E-state index in [1.54, 1.807) is 34.1 Å². The van der Waals surface area contributed by atoms with Crippen LogP contribution < -0.4 is 10.4 Å². The number of fused-ring (bicyclic) bond motifs is 1. The van der Waals surface area contributed by atoms with Crippen LogP contribution in [-0.4, -0.2) is 54.4 Å². The summed E-state index contributed by atoms with van der Waals surface area (Å²) in [5.41, 5.74) is 0.147. The van der Waals surface area contributed by atoms with E-state index < -0.39 is 11.4 Å². The lowest BCUT2D eigenvalue weighted by Gasteiger charge is -2.34. The van der Waals surface area contributed by atoms with Crippen molar-refractivity contribution in [1.29, 1.82) is 0 Å². The highest BCUT2D eigenvalue weighted by Crippen LogP contribution is 2.21. The second kappa shape index (κ2) is 8.77. The highest BCUT2D eigenvalue weighted by atomic mass is 35.5. The Morgan fingerprint density at radius 3 is 2.45 bits per heavy atom. The first-order valence-electron chi connectivity index (χ1n) is 9.59. The molecule has 0 aliphatic carbocycles. The molecule has 7 nitrogen and oxygen atoms in total. The third-order valence-corrected chi connectivity index (χ3v) is 5.35. The molecule has 0 bridgehead atoms. The number of carbonyl (C=O) groups excluding carboxylic acids is 2. The molecule has 3 aromatic rings. The van der Waals surface area contributed by atoms with Gasteiger partial charge in [-0.2, -0.15) is 0 Å². The first kappa shape index (κ1) is 20.9. The van der Waals surface area contributed by atoms with E-state index in [1.165, 1.54) is 18.2 Å². The first-order chi connectivity index (χ1) is 14.9. The van der Waals surface area contributed by atoms with Crippen molar-refractivity contribution in [3.05, 3.63) is 75.4 Å². The number of halogens is 2. The highest BCUT2D eigenvalue weighted by Gasteiger charge is 2.26. The normalized spacial score (nSPS) is 14.0. The molecule has 2 aromatic carbocycles. The summed E-state index contributed by atoms with van der Waals surface area (Å²) in [5, 5.41) is 0.809. The van der Waals surface area contributed by atoms with Gasteiger partial charge >= 0.3 is 5.63 Å². The smallest absolute Gasteiger partial charge is 0.336 e. The van der Waals surface area contributed by atoms with Gasteiger partial charge in [0, 0.05) is 43.7 Å². The Morgan fingerprint density at radius 1 is 1.00 bits per heavy atom. The lowest BCUT2D eigenvalue weighted by Crippen LogP contribution is -2.51. The minimum Gasteiger partial charge on any atom is -0.484 e. The summed E-state index contributed by atoms with van der Waals surface area (Å²) in [6.45, 7) is 1.18. The topological polar surface area (TPSA) is 80.1 Å². The molecule has 0 saturated carbocycles. The summed E-state index contributed by atoms with van der Waals surface area (Å²) in [5.74, 6) is -0.618. The molecule has 1 aromatic heterocycles. The maximum absolute atomic E-state index is 13.2. The fraction of sp³-hybridized carbons (Fsp3) is 0.227. The van der Waals surface area contributed by atoms with Gasteiger partial charge in [0.25, 0.3) is 11.8 Å². The zero-order chi connectivity index (χ0) is 22.0. The minimum absolute atomic E-state index is 0.0584.